The van der Waals surface area contributed by atoms with Gasteiger partial charge in [0.25, 0.3) is 0 Å². The number of rotatable bonds is 9. The van der Waals surface area contributed by atoms with Gasteiger partial charge in [-0.3, -0.25) is 0 Å². The molecule has 5 nitrogen and oxygen atoms in total. The van der Waals surface area contributed by atoms with Gasteiger partial charge in [-0.15, -0.1) is 13.2 Å². The summed E-state index contributed by atoms with van der Waals surface area (Å²) in [5, 5.41) is 0. The van der Waals surface area contributed by atoms with Gasteiger partial charge in [0.05, 0.1) is 0 Å². The molecule has 0 aliphatic heterocycles. The summed E-state index contributed by atoms with van der Waals surface area (Å²) in [5.74, 6) is -0.716. The van der Waals surface area contributed by atoms with E-state index in [1.54, 1.807) is 6.92 Å². The zero-order valence-electron chi connectivity index (χ0n) is 14.0. The third kappa shape index (κ3) is 5.64. The van der Waals surface area contributed by atoms with Gasteiger partial charge in [0.15, 0.2) is 0 Å². The highest BCUT2D eigenvalue weighted by molar-refractivity contribution is 7.89. The lowest BCUT2D eigenvalue weighted by Crippen LogP contribution is -2.38. The van der Waals surface area contributed by atoms with Crippen LogP contribution >= 0.6 is 0 Å². The number of benzene rings is 1. The highest BCUT2D eigenvalue weighted by atomic mass is 32.2. The molecule has 0 saturated carbocycles. The van der Waals surface area contributed by atoms with Crippen molar-refractivity contribution in [3.63, 3.8) is 0 Å². The van der Waals surface area contributed by atoms with Crippen molar-refractivity contribution >= 4 is 10.0 Å². The minimum atomic E-state index is -4.95. The summed E-state index contributed by atoms with van der Waals surface area (Å²) in [5.41, 5.74) is 0. The van der Waals surface area contributed by atoms with Crippen molar-refractivity contribution in [3.8, 4) is 5.75 Å². The first-order valence-corrected chi connectivity index (χ1v) is 9.17. The van der Waals surface area contributed by atoms with E-state index in [0.717, 1.165) is 29.5 Å². The maximum Gasteiger partial charge on any atom is 0.573 e. The highest BCUT2D eigenvalue weighted by Crippen LogP contribution is 2.31. The van der Waals surface area contributed by atoms with Gasteiger partial charge in [0.1, 0.15) is 10.6 Å². The average Bonchev–Trinajstić information content (AvgIpc) is 2.50. The number of ether oxygens (including phenoxy) is 1. The van der Waals surface area contributed by atoms with Gasteiger partial charge in [-0.05, 0) is 25.2 Å². The van der Waals surface area contributed by atoms with Gasteiger partial charge < -0.3 is 9.64 Å². The quantitative estimate of drug-likeness (QED) is 0.673. The van der Waals surface area contributed by atoms with Gasteiger partial charge in [0, 0.05) is 19.6 Å². The number of nitrogens with zero attached hydrogens (tertiary/aromatic N) is 2. The van der Waals surface area contributed by atoms with Crippen molar-refractivity contribution in [2.24, 2.45) is 0 Å². The Bertz CT molecular complexity index is 617. The summed E-state index contributed by atoms with van der Waals surface area (Å²) < 4.78 is 68.0. The van der Waals surface area contributed by atoms with E-state index < -0.39 is 27.0 Å². The molecule has 138 valence electrons. The third-order valence-corrected chi connectivity index (χ3v) is 5.62. The summed E-state index contributed by atoms with van der Waals surface area (Å²) in [4.78, 5) is 1.56. The van der Waals surface area contributed by atoms with Crippen molar-refractivity contribution in [2.45, 2.75) is 32.0 Å². The number of alkyl halides is 3. The van der Waals surface area contributed by atoms with Crippen LogP contribution in [0.4, 0.5) is 13.2 Å². The van der Waals surface area contributed by atoms with Crippen LogP contribution in [0.3, 0.4) is 0 Å². The Kier molecular flexibility index (Phi) is 7.50. The highest BCUT2D eigenvalue weighted by Gasteiger charge is 2.35. The van der Waals surface area contributed by atoms with E-state index in [1.165, 1.54) is 12.1 Å². The first-order chi connectivity index (χ1) is 11.2. The second-order valence-corrected chi connectivity index (χ2v) is 6.92. The number of hydrogen-bond donors (Lipinski definition) is 0. The first-order valence-electron chi connectivity index (χ1n) is 7.73. The van der Waals surface area contributed by atoms with Crippen LogP contribution in [0.15, 0.2) is 29.2 Å². The van der Waals surface area contributed by atoms with E-state index in [0.29, 0.717) is 6.54 Å². The molecule has 0 atom stereocenters. The molecule has 1 rings (SSSR count). The minimum Gasteiger partial charge on any atom is -0.404 e. The summed E-state index contributed by atoms with van der Waals surface area (Å²) >= 11 is 0. The third-order valence-electron chi connectivity index (χ3n) is 3.61. The zero-order valence-corrected chi connectivity index (χ0v) is 14.8. The molecule has 1 aromatic carbocycles. The van der Waals surface area contributed by atoms with Crippen molar-refractivity contribution in [1.29, 1.82) is 0 Å². The van der Waals surface area contributed by atoms with Crippen LogP contribution in [0.2, 0.25) is 0 Å². The second kappa shape index (κ2) is 8.68. The number of para-hydroxylation sites is 1. The SMILES string of the molecule is CCN(CC)CCN(CC)S(=O)(=O)c1ccccc1OC(F)(F)F. The monoisotopic (exact) mass is 368 g/mol. The number of hydrogen-bond acceptors (Lipinski definition) is 4. The molecule has 0 saturated heterocycles. The predicted octanol–water partition coefficient (Wildman–Crippen LogP) is 2.94. The molecular weight excluding hydrogens is 345 g/mol. The standard InChI is InChI=1S/C15H23F3N2O3S/c1-4-19(5-2)11-12-20(6-3)24(21,22)14-10-8-7-9-13(14)23-15(16,17)18/h7-10H,4-6,11-12H2,1-3H3. The van der Waals surface area contributed by atoms with Crippen LogP contribution in [-0.2, 0) is 10.0 Å². The maximum absolute atomic E-state index is 12.7. The van der Waals surface area contributed by atoms with Gasteiger partial charge in [-0.1, -0.05) is 32.9 Å². The molecule has 0 amide bonds. The fourth-order valence-corrected chi connectivity index (χ4v) is 3.81. The van der Waals surface area contributed by atoms with E-state index in [9.17, 15) is 21.6 Å². The molecule has 0 spiro atoms. The van der Waals surface area contributed by atoms with Crippen LogP contribution in [-0.4, -0.2) is 56.7 Å². The number of likely N-dealkylation sites (N-methyl/N-ethyl adjacent to an activating group) is 2. The molecule has 24 heavy (non-hydrogen) atoms. The Morgan fingerprint density at radius 1 is 1.00 bits per heavy atom. The van der Waals surface area contributed by atoms with E-state index in [-0.39, 0.29) is 13.1 Å². The van der Waals surface area contributed by atoms with Crippen molar-refractivity contribution < 1.29 is 26.3 Å². The topological polar surface area (TPSA) is 49.9 Å². The molecular formula is C15H23F3N2O3S. The van der Waals surface area contributed by atoms with Crippen LogP contribution < -0.4 is 4.74 Å². The Morgan fingerprint density at radius 3 is 2.08 bits per heavy atom. The average molecular weight is 368 g/mol. The summed E-state index contributed by atoms with van der Waals surface area (Å²) in [6.07, 6.45) is -4.95. The van der Waals surface area contributed by atoms with E-state index in [1.807, 2.05) is 18.7 Å². The Balaban J connectivity index is 3.09. The summed E-state index contributed by atoms with van der Waals surface area (Å²) in [7, 11) is -4.08. The molecule has 0 aromatic heterocycles. The van der Waals surface area contributed by atoms with Gasteiger partial charge >= 0.3 is 6.36 Å². The molecule has 9 heteroatoms. The van der Waals surface area contributed by atoms with Gasteiger partial charge in [-0.25, -0.2) is 8.42 Å². The minimum absolute atomic E-state index is 0.157. The largest absolute Gasteiger partial charge is 0.573 e. The molecule has 0 fully saturated rings. The molecule has 0 heterocycles. The molecule has 0 radical (unpaired) electrons. The maximum atomic E-state index is 12.7. The smallest absolute Gasteiger partial charge is 0.404 e. The van der Waals surface area contributed by atoms with Crippen LogP contribution in [0, 0.1) is 0 Å². The Morgan fingerprint density at radius 2 is 1.58 bits per heavy atom. The molecule has 0 N–H and O–H groups in total. The van der Waals surface area contributed by atoms with E-state index in [2.05, 4.69) is 4.74 Å². The Hall–Kier alpha value is -1.32. The van der Waals surface area contributed by atoms with Crippen LogP contribution in [0.5, 0.6) is 5.75 Å². The summed E-state index contributed by atoms with van der Waals surface area (Å²) in [6, 6.07) is 4.79. The van der Waals surface area contributed by atoms with Crippen LogP contribution in [0.1, 0.15) is 20.8 Å². The molecule has 0 aliphatic rings. The predicted molar refractivity (Wildman–Crippen MR) is 85.3 cm³/mol. The number of sulfonamides is 1. The lowest BCUT2D eigenvalue weighted by Gasteiger charge is -2.25. The zero-order chi connectivity index (χ0) is 18.4. The van der Waals surface area contributed by atoms with E-state index >= 15 is 0 Å². The second-order valence-electron chi connectivity index (χ2n) is 5.02. The van der Waals surface area contributed by atoms with Gasteiger partial charge in [0.2, 0.25) is 10.0 Å². The molecule has 0 aliphatic carbocycles. The Labute approximate surface area is 141 Å². The molecule has 1 aromatic rings. The lowest BCUT2D eigenvalue weighted by molar-refractivity contribution is -0.275. The van der Waals surface area contributed by atoms with Crippen LogP contribution in [0.25, 0.3) is 0 Å². The fourth-order valence-electron chi connectivity index (χ4n) is 2.25. The van der Waals surface area contributed by atoms with E-state index in [4.69, 9.17) is 0 Å². The fraction of sp³-hybridized carbons (Fsp3) is 0.600. The number of halogens is 3. The normalized spacial score (nSPS) is 12.8. The molecule has 0 bridgehead atoms. The van der Waals surface area contributed by atoms with Crippen molar-refractivity contribution in [3.05, 3.63) is 24.3 Å². The summed E-state index contributed by atoms with van der Waals surface area (Å²) in [6.45, 7) is 7.95. The van der Waals surface area contributed by atoms with Gasteiger partial charge in [-0.2, -0.15) is 4.31 Å². The molecule has 0 unspecified atom stereocenters. The lowest BCUT2D eigenvalue weighted by atomic mass is 10.3. The first kappa shape index (κ1) is 20.7. The van der Waals surface area contributed by atoms with Crippen molar-refractivity contribution in [1.82, 2.24) is 9.21 Å². The van der Waals surface area contributed by atoms with Crippen molar-refractivity contribution in [2.75, 3.05) is 32.7 Å².